The van der Waals surface area contributed by atoms with Crippen molar-refractivity contribution in [2.45, 2.75) is 31.8 Å². The molecule has 1 saturated heterocycles. The van der Waals surface area contributed by atoms with E-state index in [0.29, 0.717) is 16.7 Å². The summed E-state index contributed by atoms with van der Waals surface area (Å²) in [6, 6.07) is 3.31. The molecule has 0 aromatic carbocycles. The van der Waals surface area contributed by atoms with Crippen LogP contribution in [-0.4, -0.2) is 35.4 Å². The SMILES string of the molecule is CNC(=O)C1CCCCN1Cc1nc(Cl)ccc1Cl. The predicted octanol–water partition coefficient (Wildman–Crippen LogP) is 2.49. The Balaban J connectivity index is 2.15. The van der Waals surface area contributed by atoms with Crippen molar-refractivity contribution >= 4 is 29.1 Å². The van der Waals surface area contributed by atoms with Gasteiger partial charge in [-0.15, -0.1) is 0 Å². The molecule has 4 nitrogen and oxygen atoms in total. The molecule has 1 aromatic rings. The fourth-order valence-corrected chi connectivity index (χ4v) is 2.73. The number of hydrogen-bond acceptors (Lipinski definition) is 3. The highest BCUT2D eigenvalue weighted by Crippen LogP contribution is 2.23. The minimum Gasteiger partial charge on any atom is -0.358 e. The van der Waals surface area contributed by atoms with E-state index in [1.807, 2.05) is 0 Å². The van der Waals surface area contributed by atoms with Crippen molar-refractivity contribution in [2.75, 3.05) is 13.6 Å². The fourth-order valence-electron chi connectivity index (χ4n) is 2.40. The van der Waals surface area contributed by atoms with E-state index < -0.39 is 0 Å². The predicted molar refractivity (Wildman–Crippen MR) is 76.4 cm³/mol. The summed E-state index contributed by atoms with van der Waals surface area (Å²) in [5, 5.41) is 3.73. The van der Waals surface area contributed by atoms with Crippen LogP contribution in [0.3, 0.4) is 0 Å². The Morgan fingerprint density at radius 3 is 3.00 bits per heavy atom. The number of carbonyl (C=O) groups excluding carboxylic acids is 1. The van der Waals surface area contributed by atoms with Gasteiger partial charge in [-0.05, 0) is 31.5 Å². The van der Waals surface area contributed by atoms with Gasteiger partial charge in [-0.2, -0.15) is 0 Å². The Labute approximate surface area is 123 Å². The third-order valence-corrected chi connectivity index (χ3v) is 3.95. The summed E-state index contributed by atoms with van der Waals surface area (Å²) in [6.07, 6.45) is 3.04. The zero-order valence-electron chi connectivity index (χ0n) is 10.8. The highest BCUT2D eigenvalue weighted by molar-refractivity contribution is 6.32. The van der Waals surface area contributed by atoms with Gasteiger partial charge in [0.15, 0.2) is 0 Å². The van der Waals surface area contributed by atoms with Crippen molar-refractivity contribution in [1.82, 2.24) is 15.2 Å². The van der Waals surface area contributed by atoms with Gasteiger partial charge in [0.05, 0.1) is 16.8 Å². The van der Waals surface area contributed by atoms with Gasteiger partial charge in [-0.3, -0.25) is 9.69 Å². The molecule has 1 aliphatic heterocycles. The highest BCUT2D eigenvalue weighted by Gasteiger charge is 2.28. The van der Waals surface area contributed by atoms with Gasteiger partial charge < -0.3 is 5.32 Å². The number of likely N-dealkylation sites (N-methyl/N-ethyl adjacent to an activating group) is 1. The van der Waals surface area contributed by atoms with Crippen LogP contribution in [0.4, 0.5) is 0 Å². The first-order valence-corrected chi connectivity index (χ1v) is 7.14. The average molecular weight is 302 g/mol. The highest BCUT2D eigenvalue weighted by atomic mass is 35.5. The van der Waals surface area contributed by atoms with E-state index in [1.165, 1.54) is 0 Å². The number of amides is 1. The van der Waals surface area contributed by atoms with Crippen LogP contribution in [0.25, 0.3) is 0 Å². The molecule has 1 fully saturated rings. The molecule has 1 N–H and O–H groups in total. The molecule has 1 amide bonds. The van der Waals surface area contributed by atoms with Crippen LogP contribution in [0.15, 0.2) is 12.1 Å². The summed E-state index contributed by atoms with van der Waals surface area (Å²) in [4.78, 5) is 18.3. The molecule has 0 aliphatic carbocycles. The summed E-state index contributed by atoms with van der Waals surface area (Å²) in [5.74, 6) is 0.0536. The molecule has 0 spiro atoms. The lowest BCUT2D eigenvalue weighted by atomic mass is 10.0. The van der Waals surface area contributed by atoms with Crippen LogP contribution in [0.5, 0.6) is 0 Å². The number of aromatic nitrogens is 1. The second-order valence-corrected chi connectivity index (χ2v) is 5.45. The van der Waals surface area contributed by atoms with Crippen LogP contribution in [-0.2, 0) is 11.3 Å². The maximum atomic E-state index is 11.9. The van der Waals surface area contributed by atoms with Crippen molar-refractivity contribution in [3.05, 3.63) is 28.0 Å². The molecule has 0 saturated carbocycles. The maximum Gasteiger partial charge on any atom is 0.237 e. The van der Waals surface area contributed by atoms with E-state index in [-0.39, 0.29) is 11.9 Å². The smallest absolute Gasteiger partial charge is 0.237 e. The summed E-state index contributed by atoms with van der Waals surface area (Å²) in [7, 11) is 1.67. The molecule has 0 radical (unpaired) electrons. The lowest BCUT2D eigenvalue weighted by molar-refractivity contribution is -0.127. The van der Waals surface area contributed by atoms with Crippen molar-refractivity contribution in [2.24, 2.45) is 0 Å². The van der Waals surface area contributed by atoms with Crippen molar-refractivity contribution in [3.8, 4) is 0 Å². The van der Waals surface area contributed by atoms with Crippen LogP contribution < -0.4 is 5.32 Å². The molecule has 1 unspecified atom stereocenters. The zero-order chi connectivity index (χ0) is 13.8. The Morgan fingerprint density at radius 1 is 1.47 bits per heavy atom. The van der Waals surface area contributed by atoms with E-state index >= 15 is 0 Å². The molecule has 19 heavy (non-hydrogen) atoms. The first kappa shape index (κ1) is 14.6. The average Bonchev–Trinajstić information content (AvgIpc) is 2.42. The van der Waals surface area contributed by atoms with Crippen LogP contribution >= 0.6 is 23.2 Å². The topological polar surface area (TPSA) is 45.2 Å². The van der Waals surface area contributed by atoms with Crippen LogP contribution in [0.1, 0.15) is 25.0 Å². The van der Waals surface area contributed by atoms with Crippen LogP contribution in [0, 0.1) is 0 Å². The minimum absolute atomic E-state index is 0.0536. The summed E-state index contributed by atoms with van der Waals surface area (Å²) in [6.45, 7) is 1.43. The number of carbonyl (C=O) groups is 1. The van der Waals surface area contributed by atoms with Gasteiger partial charge in [0.2, 0.25) is 5.91 Å². The lowest BCUT2D eigenvalue weighted by Crippen LogP contribution is -2.48. The number of likely N-dealkylation sites (tertiary alicyclic amines) is 1. The van der Waals surface area contributed by atoms with E-state index in [4.69, 9.17) is 23.2 Å². The standard InChI is InChI=1S/C13H17Cl2N3O/c1-16-13(19)11-4-2-3-7-18(11)8-10-9(14)5-6-12(15)17-10/h5-6,11H,2-4,7-8H2,1H3,(H,16,19). The van der Waals surface area contributed by atoms with E-state index in [1.54, 1.807) is 19.2 Å². The van der Waals surface area contributed by atoms with Crippen molar-refractivity contribution < 1.29 is 4.79 Å². The molecule has 1 aliphatic rings. The number of halogens is 2. The molecule has 1 aromatic heterocycles. The van der Waals surface area contributed by atoms with E-state index in [9.17, 15) is 4.79 Å². The molecular formula is C13H17Cl2N3O. The normalized spacial score (nSPS) is 20.3. The second-order valence-electron chi connectivity index (χ2n) is 4.66. The van der Waals surface area contributed by atoms with Crippen LogP contribution in [0.2, 0.25) is 10.2 Å². The maximum absolute atomic E-state index is 11.9. The fraction of sp³-hybridized carbons (Fsp3) is 0.538. The molecule has 104 valence electrons. The number of hydrogen-bond donors (Lipinski definition) is 1. The van der Waals surface area contributed by atoms with Crippen molar-refractivity contribution in [3.63, 3.8) is 0 Å². The quantitative estimate of drug-likeness (QED) is 0.873. The Morgan fingerprint density at radius 2 is 2.26 bits per heavy atom. The van der Waals surface area contributed by atoms with Gasteiger partial charge in [0.25, 0.3) is 0 Å². The Bertz CT molecular complexity index is 467. The summed E-state index contributed by atoms with van der Waals surface area (Å²) >= 11 is 12.0. The lowest BCUT2D eigenvalue weighted by Gasteiger charge is -2.34. The van der Waals surface area contributed by atoms with Gasteiger partial charge in [-0.1, -0.05) is 29.6 Å². The summed E-state index contributed by atoms with van der Waals surface area (Å²) < 4.78 is 0. The Hall–Kier alpha value is -0.840. The van der Waals surface area contributed by atoms with E-state index in [2.05, 4.69) is 15.2 Å². The summed E-state index contributed by atoms with van der Waals surface area (Å²) in [5.41, 5.74) is 0.727. The third-order valence-electron chi connectivity index (χ3n) is 3.40. The first-order chi connectivity index (χ1) is 9.11. The van der Waals surface area contributed by atoms with Gasteiger partial charge in [0.1, 0.15) is 5.15 Å². The zero-order valence-corrected chi connectivity index (χ0v) is 12.3. The number of pyridine rings is 1. The number of piperidine rings is 1. The van der Waals surface area contributed by atoms with Gasteiger partial charge in [-0.25, -0.2) is 4.98 Å². The Kier molecular flexibility index (Phi) is 5.02. The third kappa shape index (κ3) is 3.59. The molecule has 6 heteroatoms. The number of nitrogens with zero attached hydrogens (tertiary/aromatic N) is 2. The largest absolute Gasteiger partial charge is 0.358 e. The minimum atomic E-state index is -0.101. The van der Waals surface area contributed by atoms with Gasteiger partial charge >= 0.3 is 0 Å². The first-order valence-electron chi connectivity index (χ1n) is 6.38. The second kappa shape index (κ2) is 6.55. The monoisotopic (exact) mass is 301 g/mol. The van der Waals surface area contributed by atoms with Crippen molar-refractivity contribution in [1.29, 1.82) is 0 Å². The number of nitrogens with one attached hydrogen (secondary N) is 1. The van der Waals surface area contributed by atoms with Gasteiger partial charge in [0, 0.05) is 13.6 Å². The molecule has 1 atom stereocenters. The molecule has 2 rings (SSSR count). The van der Waals surface area contributed by atoms with E-state index in [0.717, 1.165) is 31.5 Å². The molecule has 0 bridgehead atoms. The number of rotatable bonds is 3. The molecule has 2 heterocycles. The molecular weight excluding hydrogens is 285 g/mol.